The highest BCUT2D eigenvalue weighted by molar-refractivity contribution is 5.91. The van der Waals surface area contributed by atoms with E-state index in [2.05, 4.69) is 15.1 Å². The Morgan fingerprint density at radius 1 is 1.06 bits per heavy atom. The van der Waals surface area contributed by atoms with Gasteiger partial charge in [0.1, 0.15) is 11.6 Å². The highest BCUT2D eigenvalue weighted by Crippen LogP contribution is 2.30. The van der Waals surface area contributed by atoms with Gasteiger partial charge in [0.25, 0.3) is 5.91 Å². The molecule has 2 aliphatic rings. The number of urea groups is 1. The van der Waals surface area contributed by atoms with Crippen molar-refractivity contribution < 1.29 is 28.0 Å². The Morgan fingerprint density at radius 3 is 2.41 bits per heavy atom. The lowest BCUT2D eigenvalue weighted by Gasteiger charge is -2.37. The van der Waals surface area contributed by atoms with Crippen molar-refractivity contribution in [1.29, 1.82) is 0 Å². The number of hydrogen-bond acceptors (Lipinski definition) is 7. The average Bonchev–Trinajstić information content (AvgIpc) is 3.28. The van der Waals surface area contributed by atoms with E-state index in [9.17, 15) is 22.8 Å². The maximum atomic E-state index is 13.7. The fraction of sp³-hybridized carbons (Fsp3) is 0.316. The molecule has 2 N–H and O–H groups in total. The van der Waals surface area contributed by atoms with Gasteiger partial charge in [-0.1, -0.05) is 0 Å². The molecular formula is C19H18F3N7O3. The standard InChI is InChI=1S/C19H18F3N7O3/c20-12-7-11(8-13(21)9-12)15-1-2-24-29(15)19(31)28-5-3-27(4-6-28)18-23-10-14(22)16(25-18)17(30)26-32/h2,7-10,15,32H,1,3-6H2,(H,26,30)/t15-/m0/s1. The average molecular weight is 449 g/mol. The van der Waals surface area contributed by atoms with Crippen LogP contribution < -0.4 is 10.4 Å². The smallest absolute Gasteiger partial charge is 0.337 e. The van der Waals surface area contributed by atoms with E-state index in [1.807, 2.05) is 0 Å². The van der Waals surface area contributed by atoms with E-state index in [4.69, 9.17) is 5.21 Å². The molecule has 4 rings (SSSR count). The lowest BCUT2D eigenvalue weighted by Crippen LogP contribution is -2.52. The summed E-state index contributed by atoms with van der Waals surface area (Å²) in [6, 6.07) is 2.07. The van der Waals surface area contributed by atoms with Crippen LogP contribution in [0.2, 0.25) is 0 Å². The van der Waals surface area contributed by atoms with E-state index >= 15 is 0 Å². The third kappa shape index (κ3) is 4.19. The van der Waals surface area contributed by atoms with Crippen LogP contribution in [0.1, 0.15) is 28.5 Å². The molecule has 168 valence electrons. The predicted molar refractivity (Wildman–Crippen MR) is 104 cm³/mol. The second-order valence-electron chi connectivity index (χ2n) is 7.16. The van der Waals surface area contributed by atoms with Crippen molar-refractivity contribution in [3.8, 4) is 0 Å². The van der Waals surface area contributed by atoms with E-state index in [1.165, 1.54) is 33.7 Å². The monoisotopic (exact) mass is 449 g/mol. The van der Waals surface area contributed by atoms with Crippen LogP contribution in [0.3, 0.4) is 0 Å². The molecule has 0 bridgehead atoms. The molecule has 10 nitrogen and oxygen atoms in total. The molecule has 2 aliphatic heterocycles. The Bertz CT molecular complexity index is 1060. The zero-order valence-electron chi connectivity index (χ0n) is 16.6. The van der Waals surface area contributed by atoms with E-state index < -0.39 is 41.1 Å². The van der Waals surface area contributed by atoms with Crippen LogP contribution >= 0.6 is 0 Å². The fourth-order valence-corrected chi connectivity index (χ4v) is 3.61. The van der Waals surface area contributed by atoms with Gasteiger partial charge in [0.05, 0.1) is 12.2 Å². The van der Waals surface area contributed by atoms with Gasteiger partial charge >= 0.3 is 6.03 Å². The van der Waals surface area contributed by atoms with Gasteiger partial charge in [-0.25, -0.2) is 38.4 Å². The summed E-state index contributed by atoms with van der Waals surface area (Å²) >= 11 is 0. The number of nitrogens with one attached hydrogen (secondary N) is 1. The van der Waals surface area contributed by atoms with Crippen LogP contribution in [0, 0.1) is 17.5 Å². The molecule has 2 aromatic rings. The molecule has 32 heavy (non-hydrogen) atoms. The summed E-state index contributed by atoms with van der Waals surface area (Å²) in [6.45, 7) is 1.07. The van der Waals surface area contributed by atoms with Crippen molar-refractivity contribution >= 4 is 24.1 Å². The summed E-state index contributed by atoms with van der Waals surface area (Å²) < 4.78 is 40.9. The van der Waals surface area contributed by atoms with Crippen molar-refractivity contribution in [2.45, 2.75) is 12.5 Å². The Morgan fingerprint density at radius 2 is 1.75 bits per heavy atom. The summed E-state index contributed by atoms with van der Waals surface area (Å²) in [4.78, 5) is 35.4. The van der Waals surface area contributed by atoms with E-state index in [-0.39, 0.29) is 32.1 Å². The molecule has 3 heterocycles. The van der Waals surface area contributed by atoms with Gasteiger partial charge in [-0.3, -0.25) is 10.0 Å². The number of amides is 3. The van der Waals surface area contributed by atoms with Crippen LogP contribution in [0.5, 0.6) is 0 Å². The highest BCUT2D eigenvalue weighted by atomic mass is 19.1. The number of aromatic nitrogens is 2. The maximum Gasteiger partial charge on any atom is 0.341 e. The van der Waals surface area contributed by atoms with E-state index in [0.717, 1.165) is 12.3 Å². The molecular weight excluding hydrogens is 431 g/mol. The fourth-order valence-electron chi connectivity index (χ4n) is 3.61. The van der Waals surface area contributed by atoms with Gasteiger partial charge < -0.3 is 9.80 Å². The first kappa shape index (κ1) is 21.5. The molecule has 3 amide bonds. The van der Waals surface area contributed by atoms with E-state index in [0.29, 0.717) is 12.0 Å². The zero-order chi connectivity index (χ0) is 22.8. The number of carbonyl (C=O) groups is 2. The van der Waals surface area contributed by atoms with Crippen molar-refractivity contribution in [3.05, 3.63) is 53.1 Å². The molecule has 1 fully saturated rings. The summed E-state index contributed by atoms with van der Waals surface area (Å²) in [6.07, 6.45) is 2.67. The van der Waals surface area contributed by atoms with Crippen LogP contribution in [-0.2, 0) is 0 Å². The first-order valence-electron chi connectivity index (χ1n) is 9.66. The Labute approximate surface area is 179 Å². The van der Waals surface area contributed by atoms with Crippen molar-refractivity contribution in [3.63, 3.8) is 0 Å². The van der Waals surface area contributed by atoms with Crippen molar-refractivity contribution in [2.75, 3.05) is 31.1 Å². The number of anilines is 1. The Kier molecular flexibility index (Phi) is 5.90. The first-order chi connectivity index (χ1) is 15.4. The van der Waals surface area contributed by atoms with Crippen LogP contribution in [0.4, 0.5) is 23.9 Å². The molecule has 1 saturated heterocycles. The molecule has 0 unspecified atom stereocenters. The Hall–Kier alpha value is -3.74. The molecule has 0 spiro atoms. The SMILES string of the molecule is O=C(NO)c1nc(N2CCN(C(=O)N3N=CC[C@H]3c3cc(F)cc(F)c3)CC2)ncc1F. The predicted octanol–water partition coefficient (Wildman–Crippen LogP) is 1.69. The second kappa shape index (κ2) is 8.78. The lowest BCUT2D eigenvalue weighted by atomic mass is 10.0. The maximum absolute atomic E-state index is 13.7. The largest absolute Gasteiger partial charge is 0.341 e. The second-order valence-corrected chi connectivity index (χ2v) is 7.16. The van der Waals surface area contributed by atoms with E-state index in [1.54, 1.807) is 4.90 Å². The Balaban J connectivity index is 1.43. The van der Waals surface area contributed by atoms with Gasteiger partial charge in [-0.05, 0) is 17.7 Å². The van der Waals surface area contributed by atoms with Gasteiger partial charge in [-0.15, -0.1) is 0 Å². The van der Waals surface area contributed by atoms with Gasteiger partial charge in [-0.2, -0.15) is 5.10 Å². The summed E-state index contributed by atoms with van der Waals surface area (Å²) in [5.74, 6) is -3.49. The van der Waals surface area contributed by atoms with Crippen LogP contribution in [-0.4, -0.2) is 69.4 Å². The minimum absolute atomic E-state index is 0.0735. The van der Waals surface area contributed by atoms with Crippen molar-refractivity contribution in [1.82, 2.24) is 25.4 Å². The number of hydroxylamine groups is 1. The molecule has 13 heteroatoms. The minimum Gasteiger partial charge on any atom is -0.337 e. The molecule has 1 aromatic carbocycles. The third-order valence-electron chi connectivity index (χ3n) is 5.18. The quantitative estimate of drug-likeness (QED) is 0.545. The summed E-state index contributed by atoms with van der Waals surface area (Å²) in [7, 11) is 0. The molecule has 0 radical (unpaired) electrons. The highest BCUT2D eigenvalue weighted by Gasteiger charge is 2.34. The number of halogens is 3. The number of carbonyl (C=O) groups excluding carboxylic acids is 2. The summed E-state index contributed by atoms with van der Waals surface area (Å²) in [5.41, 5.74) is 1.03. The first-order valence-corrected chi connectivity index (χ1v) is 9.66. The number of benzene rings is 1. The zero-order valence-corrected chi connectivity index (χ0v) is 16.6. The number of hydrogen-bond donors (Lipinski definition) is 2. The lowest BCUT2D eigenvalue weighted by molar-refractivity contribution is 0.0695. The number of hydrazone groups is 1. The van der Waals surface area contributed by atoms with Gasteiger partial charge in [0, 0.05) is 44.9 Å². The summed E-state index contributed by atoms with van der Waals surface area (Å²) in [5, 5.41) is 14.0. The normalized spacial score (nSPS) is 18.2. The number of nitrogens with zero attached hydrogens (tertiary/aromatic N) is 6. The topological polar surface area (TPSA) is 114 Å². The van der Waals surface area contributed by atoms with Crippen LogP contribution in [0.25, 0.3) is 0 Å². The molecule has 0 aliphatic carbocycles. The third-order valence-corrected chi connectivity index (χ3v) is 5.18. The molecule has 0 saturated carbocycles. The minimum atomic E-state index is -1.10. The van der Waals surface area contributed by atoms with Gasteiger partial charge in [0.15, 0.2) is 11.5 Å². The van der Waals surface area contributed by atoms with Crippen molar-refractivity contribution in [2.24, 2.45) is 5.10 Å². The number of piperazine rings is 1. The molecule has 1 atom stereocenters. The van der Waals surface area contributed by atoms with Gasteiger partial charge in [0.2, 0.25) is 5.95 Å². The van der Waals surface area contributed by atoms with Crippen LogP contribution in [0.15, 0.2) is 29.5 Å². The number of rotatable bonds is 3. The molecule has 1 aromatic heterocycles.